The summed E-state index contributed by atoms with van der Waals surface area (Å²) in [6.45, 7) is 2.18. The van der Waals surface area contributed by atoms with Crippen LogP contribution in [0.25, 0.3) is 10.9 Å². The minimum atomic E-state index is -0.858. The lowest BCUT2D eigenvalue weighted by Crippen LogP contribution is -2.24. The number of halogens is 2. The van der Waals surface area contributed by atoms with E-state index in [-0.39, 0.29) is 5.91 Å². The number of fused-ring (bicyclic) bond motifs is 1. The fourth-order valence-corrected chi connectivity index (χ4v) is 3.00. The summed E-state index contributed by atoms with van der Waals surface area (Å²) in [7, 11) is 0. The van der Waals surface area contributed by atoms with Crippen LogP contribution in [0, 0.1) is 0 Å². The Labute approximate surface area is 155 Å². The smallest absolute Gasteiger partial charge is 0.258 e. The largest absolute Gasteiger partial charge is 0.364 e. The summed E-state index contributed by atoms with van der Waals surface area (Å²) in [5.41, 5.74) is 2.00. The van der Waals surface area contributed by atoms with Crippen molar-refractivity contribution in [2.75, 3.05) is 11.9 Å². The van der Waals surface area contributed by atoms with Crippen molar-refractivity contribution in [1.29, 1.82) is 0 Å². The molecule has 3 rings (SSSR count). The Morgan fingerprint density at radius 3 is 2.84 bits per heavy atom. The summed E-state index contributed by atoms with van der Waals surface area (Å²) in [4.78, 5) is 17.1. The second-order valence-corrected chi connectivity index (χ2v) is 6.21. The van der Waals surface area contributed by atoms with Crippen molar-refractivity contribution in [1.82, 2.24) is 4.98 Å². The minimum Gasteiger partial charge on any atom is -0.364 e. The number of amides is 1. The number of nitrogens with zero attached hydrogens (tertiary/aromatic N) is 1. The Hall–Kier alpha value is -2.14. The van der Waals surface area contributed by atoms with Crippen molar-refractivity contribution in [2.24, 2.45) is 0 Å². The highest BCUT2D eigenvalue weighted by Crippen LogP contribution is 2.30. The lowest BCUT2D eigenvalue weighted by atomic mass is 10.1. The van der Waals surface area contributed by atoms with Crippen LogP contribution in [0.1, 0.15) is 18.6 Å². The lowest BCUT2D eigenvalue weighted by molar-refractivity contribution is -0.127. The SMILES string of the molecule is CCOC(C(=O)Nc1cccc2ncccc12)c1cc(Cl)ccc1Cl. The molecule has 0 radical (unpaired) electrons. The molecule has 6 heteroatoms. The molecule has 0 aliphatic heterocycles. The van der Waals surface area contributed by atoms with Gasteiger partial charge in [0.15, 0.2) is 6.10 Å². The van der Waals surface area contributed by atoms with Crippen molar-refractivity contribution < 1.29 is 9.53 Å². The highest BCUT2D eigenvalue weighted by Gasteiger charge is 2.24. The summed E-state index contributed by atoms with van der Waals surface area (Å²) in [6.07, 6.45) is 0.853. The molecule has 1 aromatic heterocycles. The third-order valence-electron chi connectivity index (χ3n) is 3.72. The van der Waals surface area contributed by atoms with Gasteiger partial charge in [0.1, 0.15) is 0 Å². The van der Waals surface area contributed by atoms with Crippen LogP contribution in [0.15, 0.2) is 54.7 Å². The standard InChI is InChI=1S/C19H16Cl2N2O2/c1-2-25-18(14-11-12(20)8-9-15(14)21)19(24)23-17-7-3-6-16-13(17)5-4-10-22-16/h3-11,18H,2H2,1H3,(H,23,24). The molecule has 25 heavy (non-hydrogen) atoms. The minimum absolute atomic E-state index is 0.317. The van der Waals surface area contributed by atoms with Gasteiger partial charge in [-0.05, 0) is 49.4 Å². The first-order valence-corrected chi connectivity index (χ1v) is 8.57. The third kappa shape index (κ3) is 3.93. The van der Waals surface area contributed by atoms with Gasteiger partial charge in [-0.25, -0.2) is 0 Å². The molecule has 4 nitrogen and oxygen atoms in total. The Morgan fingerprint density at radius 2 is 2.04 bits per heavy atom. The molecule has 0 fully saturated rings. The fourth-order valence-electron chi connectivity index (χ4n) is 2.60. The van der Waals surface area contributed by atoms with E-state index in [4.69, 9.17) is 27.9 Å². The normalized spacial score (nSPS) is 12.1. The Kier molecular flexibility index (Phi) is 5.53. The Balaban J connectivity index is 1.94. The number of anilines is 1. The van der Waals surface area contributed by atoms with E-state index in [1.165, 1.54) is 0 Å². The maximum absolute atomic E-state index is 12.9. The number of rotatable bonds is 5. The van der Waals surface area contributed by atoms with Crippen LogP contribution in [0.4, 0.5) is 5.69 Å². The second kappa shape index (κ2) is 7.83. The molecule has 3 aromatic rings. The molecule has 0 aliphatic rings. The number of hydrogen-bond donors (Lipinski definition) is 1. The number of carbonyl (C=O) groups excluding carboxylic acids is 1. The molecule has 1 N–H and O–H groups in total. The molecular formula is C19H16Cl2N2O2. The molecule has 1 atom stereocenters. The van der Waals surface area contributed by atoms with Crippen molar-refractivity contribution >= 4 is 45.7 Å². The number of aromatic nitrogens is 1. The second-order valence-electron chi connectivity index (χ2n) is 5.37. The molecule has 0 saturated heterocycles. The highest BCUT2D eigenvalue weighted by atomic mass is 35.5. The van der Waals surface area contributed by atoms with Crippen LogP contribution in [0.3, 0.4) is 0 Å². The molecule has 0 spiro atoms. The van der Waals surface area contributed by atoms with Gasteiger partial charge in [-0.1, -0.05) is 29.3 Å². The highest BCUT2D eigenvalue weighted by molar-refractivity contribution is 6.33. The molecule has 128 valence electrons. The summed E-state index contributed by atoms with van der Waals surface area (Å²) < 4.78 is 5.64. The summed E-state index contributed by atoms with van der Waals surface area (Å²) in [5.74, 6) is -0.317. The van der Waals surface area contributed by atoms with Gasteiger partial charge < -0.3 is 10.1 Å². The number of nitrogens with one attached hydrogen (secondary N) is 1. The van der Waals surface area contributed by atoms with Gasteiger partial charge in [0.2, 0.25) is 0 Å². The molecule has 0 saturated carbocycles. The Bertz CT molecular complexity index is 910. The van der Waals surface area contributed by atoms with E-state index in [1.807, 2.05) is 37.3 Å². The first kappa shape index (κ1) is 17.7. The maximum Gasteiger partial charge on any atom is 0.258 e. The molecule has 2 aromatic carbocycles. The van der Waals surface area contributed by atoms with Gasteiger partial charge in [-0.15, -0.1) is 0 Å². The third-order valence-corrected chi connectivity index (χ3v) is 4.29. The number of carbonyl (C=O) groups is 1. The number of hydrogen-bond acceptors (Lipinski definition) is 3. The number of pyridine rings is 1. The topological polar surface area (TPSA) is 51.2 Å². The molecule has 1 amide bonds. The first-order chi connectivity index (χ1) is 12.1. The van der Waals surface area contributed by atoms with E-state index in [1.54, 1.807) is 24.4 Å². The van der Waals surface area contributed by atoms with Crippen LogP contribution < -0.4 is 5.32 Å². The van der Waals surface area contributed by atoms with E-state index in [2.05, 4.69) is 10.3 Å². The predicted molar refractivity (Wildman–Crippen MR) is 101 cm³/mol. The number of ether oxygens (including phenoxy) is 1. The van der Waals surface area contributed by atoms with E-state index < -0.39 is 6.10 Å². The average molecular weight is 375 g/mol. The summed E-state index contributed by atoms with van der Waals surface area (Å²) in [5, 5.41) is 4.68. The van der Waals surface area contributed by atoms with Gasteiger partial charge >= 0.3 is 0 Å². The van der Waals surface area contributed by atoms with Crippen LogP contribution in [0.2, 0.25) is 10.0 Å². The van der Waals surface area contributed by atoms with Gasteiger partial charge in [0, 0.05) is 33.8 Å². The number of benzene rings is 2. The zero-order valence-electron chi connectivity index (χ0n) is 13.5. The first-order valence-electron chi connectivity index (χ1n) is 7.81. The fraction of sp³-hybridized carbons (Fsp3) is 0.158. The quantitative estimate of drug-likeness (QED) is 0.662. The van der Waals surface area contributed by atoms with E-state index in [9.17, 15) is 4.79 Å². The van der Waals surface area contributed by atoms with Gasteiger partial charge in [0.05, 0.1) is 11.2 Å². The van der Waals surface area contributed by atoms with Crippen molar-refractivity contribution in [3.63, 3.8) is 0 Å². The monoisotopic (exact) mass is 374 g/mol. The van der Waals surface area contributed by atoms with Crippen LogP contribution in [-0.4, -0.2) is 17.5 Å². The molecule has 1 unspecified atom stereocenters. The van der Waals surface area contributed by atoms with Crippen molar-refractivity contribution in [2.45, 2.75) is 13.0 Å². The van der Waals surface area contributed by atoms with Gasteiger partial charge in [-0.2, -0.15) is 0 Å². The van der Waals surface area contributed by atoms with E-state index in [0.29, 0.717) is 27.9 Å². The van der Waals surface area contributed by atoms with Crippen molar-refractivity contribution in [3.8, 4) is 0 Å². The zero-order valence-corrected chi connectivity index (χ0v) is 15.0. The average Bonchev–Trinajstić information content (AvgIpc) is 2.62. The lowest BCUT2D eigenvalue weighted by Gasteiger charge is -2.19. The zero-order chi connectivity index (χ0) is 17.8. The predicted octanol–water partition coefficient (Wildman–Crippen LogP) is 5.26. The van der Waals surface area contributed by atoms with Crippen LogP contribution >= 0.6 is 23.2 Å². The van der Waals surface area contributed by atoms with Crippen molar-refractivity contribution in [3.05, 3.63) is 70.3 Å². The van der Waals surface area contributed by atoms with Crippen LogP contribution in [0.5, 0.6) is 0 Å². The molecule has 0 aliphatic carbocycles. The molecular weight excluding hydrogens is 359 g/mol. The maximum atomic E-state index is 12.9. The summed E-state index contributed by atoms with van der Waals surface area (Å²) in [6, 6.07) is 14.3. The Morgan fingerprint density at radius 1 is 1.20 bits per heavy atom. The van der Waals surface area contributed by atoms with Crippen LogP contribution in [-0.2, 0) is 9.53 Å². The molecule has 1 heterocycles. The summed E-state index contributed by atoms with van der Waals surface area (Å²) >= 11 is 12.3. The van der Waals surface area contributed by atoms with Gasteiger partial charge in [0.25, 0.3) is 5.91 Å². The van der Waals surface area contributed by atoms with E-state index in [0.717, 1.165) is 10.9 Å². The van der Waals surface area contributed by atoms with Gasteiger partial charge in [-0.3, -0.25) is 9.78 Å². The molecule has 0 bridgehead atoms. The van der Waals surface area contributed by atoms with E-state index >= 15 is 0 Å².